The van der Waals surface area contributed by atoms with Crippen molar-refractivity contribution in [3.05, 3.63) is 35.4 Å². The largest absolute Gasteiger partial charge is 0.388 e. The predicted molar refractivity (Wildman–Crippen MR) is 74.5 cm³/mol. The predicted octanol–water partition coefficient (Wildman–Crippen LogP) is 1.54. The maximum absolute atomic E-state index is 10.3. The Balaban J connectivity index is 2.07. The highest BCUT2D eigenvalue weighted by Gasteiger charge is 2.29. The molecule has 0 amide bonds. The van der Waals surface area contributed by atoms with Crippen LogP contribution in [0.3, 0.4) is 0 Å². The minimum absolute atomic E-state index is 0.445. The normalized spacial score (nSPS) is 30.1. The number of nitrogens with zero attached hydrogens (tertiary/aromatic N) is 1. The van der Waals surface area contributed by atoms with E-state index in [1.807, 2.05) is 6.92 Å². The van der Waals surface area contributed by atoms with Gasteiger partial charge in [0.25, 0.3) is 0 Å². The van der Waals surface area contributed by atoms with Crippen LogP contribution in [0.25, 0.3) is 0 Å². The molecule has 1 aliphatic heterocycles. The molecular formula is C15H24N2O. The number of hydrogen-bond donors (Lipinski definition) is 2. The first-order valence-electron chi connectivity index (χ1n) is 6.69. The lowest BCUT2D eigenvalue weighted by Crippen LogP contribution is -2.44. The molecule has 0 spiro atoms. The lowest BCUT2D eigenvalue weighted by atomic mass is 10.1. The maximum Gasteiger partial charge on any atom is 0.0869 e. The van der Waals surface area contributed by atoms with Crippen LogP contribution < -0.4 is 5.32 Å². The molecule has 18 heavy (non-hydrogen) atoms. The molecule has 0 radical (unpaired) electrons. The fourth-order valence-electron chi connectivity index (χ4n) is 2.47. The fraction of sp³-hybridized carbons (Fsp3) is 0.600. The molecule has 1 aromatic rings. The Morgan fingerprint density at radius 2 is 2.06 bits per heavy atom. The highest BCUT2D eigenvalue weighted by molar-refractivity contribution is 5.21. The first kappa shape index (κ1) is 13.5. The Hall–Kier alpha value is -0.900. The molecule has 0 aromatic heterocycles. The lowest BCUT2D eigenvalue weighted by molar-refractivity contribution is 0.0238. The van der Waals surface area contributed by atoms with Crippen LogP contribution in [0.2, 0.25) is 0 Å². The van der Waals surface area contributed by atoms with Crippen LogP contribution in [0.1, 0.15) is 25.0 Å². The quantitative estimate of drug-likeness (QED) is 0.833. The molecule has 0 saturated carbocycles. The van der Waals surface area contributed by atoms with E-state index in [0.29, 0.717) is 12.6 Å². The summed E-state index contributed by atoms with van der Waals surface area (Å²) in [6.07, 6.45) is 0. The number of nitrogens with one attached hydrogen (secondary N) is 1. The van der Waals surface area contributed by atoms with E-state index in [0.717, 1.165) is 19.6 Å². The highest BCUT2D eigenvalue weighted by atomic mass is 16.3. The van der Waals surface area contributed by atoms with Gasteiger partial charge in [0.2, 0.25) is 0 Å². The van der Waals surface area contributed by atoms with Gasteiger partial charge < -0.3 is 10.4 Å². The summed E-state index contributed by atoms with van der Waals surface area (Å²) in [6, 6.07) is 9.09. The minimum atomic E-state index is -0.643. The van der Waals surface area contributed by atoms with Gasteiger partial charge in [-0.05, 0) is 26.3 Å². The van der Waals surface area contributed by atoms with Gasteiger partial charge in [-0.1, -0.05) is 29.8 Å². The summed E-state index contributed by atoms with van der Waals surface area (Å²) in [7, 11) is 0. The zero-order valence-electron chi connectivity index (χ0n) is 11.6. The smallest absolute Gasteiger partial charge is 0.0869 e. The summed E-state index contributed by atoms with van der Waals surface area (Å²) in [4.78, 5) is 2.35. The molecule has 1 heterocycles. The van der Waals surface area contributed by atoms with E-state index in [-0.39, 0.29) is 0 Å². The van der Waals surface area contributed by atoms with Gasteiger partial charge in [-0.25, -0.2) is 0 Å². The highest BCUT2D eigenvalue weighted by Crippen LogP contribution is 2.16. The third kappa shape index (κ3) is 3.55. The van der Waals surface area contributed by atoms with Crippen LogP contribution in [0.5, 0.6) is 0 Å². The molecule has 1 saturated heterocycles. The van der Waals surface area contributed by atoms with Gasteiger partial charge in [0.05, 0.1) is 5.60 Å². The van der Waals surface area contributed by atoms with E-state index < -0.39 is 5.60 Å². The molecule has 1 aromatic carbocycles. The van der Waals surface area contributed by atoms with Gasteiger partial charge in [0.15, 0.2) is 0 Å². The van der Waals surface area contributed by atoms with Crippen LogP contribution >= 0.6 is 0 Å². The summed E-state index contributed by atoms with van der Waals surface area (Å²) in [5.74, 6) is 0. The Kier molecular flexibility index (Phi) is 4.05. The molecule has 2 N–H and O–H groups in total. The van der Waals surface area contributed by atoms with E-state index in [2.05, 4.69) is 48.3 Å². The number of aryl methyl sites for hydroxylation is 1. The van der Waals surface area contributed by atoms with E-state index in [9.17, 15) is 5.11 Å². The van der Waals surface area contributed by atoms with Gasteiger partial charge in [-0.15, -0.1) is 0 Å². The monoisotopic (exact) mass is 248 g/mol. The summed E-state index contributed by atoms with van der Waals surface area (Å²) >= 11 is 0. The summed E-state index contributed by atoms with van der Waals surface area (Å²) in [5.41, 5.74) is 1.96. The van der Waals surface area contributed by atoms with Crippen LogP contribution in [0.4, 0.5) is 0 Å². The number of β-amino-alcohol motifs (C(OH)–C–C–N with tert-alkyl or cyclic N) is 1. The Labute approximate surface area is 110 Å². The van der Waals surface area contributed by atoms with E-state index in [4.69, 9.17) is 0 Å². The molecule has 0 aliphatic carbocycles. The summed E-state index contributed by atoms with van der Waals surface area (Å²) in [5, 5.41) is 13.6. The van der Waals surface area contributed by atoms with Crippen LogP contribution in [0, 0.1) is 6.92 Å². The Bertz CT molecular complexity index is 386. The van der Waals surface area contributed by atoms with Gasteiger partial charge in [0, 0.05) is 32.2 Å². The van der Waals surface area contributed by atoms with Crippen molar-refractivity contribution in [3.63, 3.8) is 0 Å². The number of rotatable bonds is 2. The second kappa shape index (κ2) is 5.39. The second-order valence-corrected chi connectivity index (χ2v) is 5.87. The third-order valence-electron chi connectivity index (χ3n) is 3.62. The van der Waals surface area contributed by atoms with Gasteiger partial charge in [0.1, 0.15) is 0 Å². The van der Waals surface area contributed by atoms with E-state index >= 15 is 0 Å². The molecular weight excluding hydrogens is 224 g/mol. The first-order chi connectivity index (χ1) is 8.46. The molecule has 0 bridgehead atoms. The SMILES string of the molecule is Cc1ccc(CN2CC(C)(O)CNCC2C)cc1. The molecule has 2 rings (SSSR count). The standard InChI is InChI=1S/C15H24N2O/c1-12-4-6-14(7-5-12)9-17-11-15(3,18)10-16-8-13(17)2/h4-7,13,16,18H,8-11H2,1-3H3. The molecule has 3 nitrogen and oxygen atoms in total. The maximum atomic E-state index is 10.3. The van der Waals surface area contributed by atoms with Crippen molar-refractivity contribution in [1.82, 2.24) is 10.2 Å². The van der Waals surface area contributed by atoms with E-state index in [1.165, 1.54) is 11.1 Å². The van der Waals surface area contributed by atoms with Crippen molar-refractivity contribution < 1.29 is 5.11 Å². The second-order valence-electron chi connectivity index (χ2n) is 5.87. The average Bonchev–Trinajstić information content (AvgIpc) is 2.42. The van der Waals surface area contributed by atoms with Crippen molar-refractivity contribution in [2.45, 2.75) is 39.0 Å². The van der Waals surface area contributed by atoms with Crippen molar-refractivity contribution in [3.8, 4) is 0 Å². The van der Waals surface area contributed by atoms with Gasteiger partial charge in [-0.2, -0.15) is 0 Å². The molecule has 1 fully saturated rings. The zero-order valence-corrected chi connectivity index (χ0v) is 11.6. The number of aliphatic hydroxyl groups is 1. The molecule has 1 aliphatic rings. The first-order valence-corrected chi connectivity index (χ1v) is 6.69. The number of hydrogen-bond acceptors (Lipinski definition) is 3. The average molecular weight is 248 g/mol. The topological polar surface area (TPSA) is 35.5 Å². The van der Waals surface area contributed by atoms with Gasteiger partial charge >= 0.3 is 0 Å². The molecule has 2 atom stereocenters. The van der Waals surface area contributed by atoms with Crippen molar-refractivity contribution in [2.75, 3.05) is 19.6 Å². The number of benzene rings is 1. The molecule has 2 unspecified atom stereocenters. The molecule has 3 heteroatoms. The third-order valence-corrected chi connectivity index (χ3v) is 3.62. The van der Waals surface area contributed by atoms with Crippen molar-refractivity contribution in [1.29, 1.82) is 0 Å². The van der Waals surface area contributed by atoms with Crippen LogP contribution in [-0.4, -0.2) is 41.3 Å². The Morgan fingerprint density at radius 3 is 2.72 bits per heavy atom. The lowest BCUT2D eigenvalue weighted by Gasteiger charge is -2.31. The fourth-order valence-corrected chi connectivity index (χ4v) is 2.47. The Morgan fingerprint density at radius 1 is 1.39 bits per heavy atom. The van der Waals surface area contributed by atoms with Gasteiger partial charge in [-0.3, -0.25) is 4.90 Å². The van der Waals surface area contributed by atoms with Crippen LogP contribution in [0.15, 0.2) is 24.3 Å². The van der Waals surface area contributed by atoms with E-state index in [1.54, 1.807) is 0 Å². The van der Waals surface area contributed by atoms with Crippen LogP contribution in [-0.2, 0) is 6.54 Å². The zero-order chi connectivity index (χ0) is 13.2. The summed E-state index contributed by atoms with van der Waals surface area (Å²) < 4.78 is 0. The van der Waals surface area contributed by atoms with Crippen molar-refractivity contribution >= 4 is 0 Å². The minimum Gasteiger partial charge on any atom is -0.388 e. The van der Waals surface area contributed by atoms with Crippen molar-refractivity contribution in [2.24, 2.45) is 0 Å². The molecule has 100 valence electrons. The summed E-state index contributed by atoms with van der Waals surface area (Å²) in [6.45, 7) is 9.44.